The van der Waals surface area contributed by atoms with E-state index in [4.69, 9.17) is 5.73 Å². The molecule has 0 aromatic carbocycles. The van der Waals surface area contributed by atoms with Crippen LogP contribution in [-0.4, -0.2) is 6.04 Å². The summed E-state index contributed by atoms with van der Waals surface area (Å²) in [5, 5.41) is 0. The van der Waals surface area contributed by atoms with E-state index in [0.717, 1.165) is 11.8 Å². The first-order chi connectivity index (χ1) is 5.68. The lowest BCUT2D eigenvalue weighted by Gasteiger charge is -2.15. The van der Waals surface area contributed by atoms with Crippen molar-refractivity contribution in [2.75, 3.05) is 0 Å². The molecule has 1 saturated carbocycles. The van der Waals surface area contributed by atoms with Crippen LogP contribution in [0.3, 0.4) is 0 Å². The average Bonchev–Trinajstić information content (AvgIpc) is 2.15. The first-order valence-electron chi connectivity index (χ1n) is 5.44. The predicted molar refractivity (Wildman–Crippen MR) is 54.0 cm³/mol. The van der Waals surface area contributed by atoms with Crippen LogP contribution in [0.2, 0.25) is 0 Å². The minimum absolute atomic E-state index is 0.406. The van der Waals surface area contributed by atoms with Gasteiger partial charge in [0.05, 0.1) is 0 Å². The van der Waals surface area contributed by atoms with Crippen LogP contribution in [0.1, 0.15) is 52.4 Å². The van der Waals surface area contributed by atoms with Crippen molar-refractivity contribution in [1.29, 1.82) is 0 Å². The van der Waals surface area contributed by atoms with E-state index in [1.54, 1.807) is 0 Å². The van der Waals surface area contributed by atoms with Gasteiger partial charge in [0.15, 0.2) is 0 Å². The number of nitrogens with two attached hydrogens (primary N) is 1. The highest BCUT2D eigenvalue weighted by molar-refractivity contribution is 4.70. The smallest absolute Gasteiger partial charge is 0.00131 e. The van der Waals surface area contributed by atoms with Gasteiger partial charge in [-0.2, -0.15) is 0 Å². The lowest BCUT2D eigenvalue weighted by Crippen LogP contribution is -2.19. The lowest BCUT2D eigenvalue weighted by atomic mass is 9.93. The van der Waals surface area contributed by atoms with Crippen LogP contribution in [0.4, 0.5) is 0 Å². The zero-order valence-corrected chi connectivity index (χ0v) is 8.55. The summed E-state index contributed by atoms with van der Waals surface area (Å²) >= 11 is 0. The van der Waals surface area contributed by atoms with E-state index in [9.17, 15) is 0 Å². The Morgan fingerprint density at radius 1 is 1.25 bits per heavy atom. The van der Waals surface area contributed by atoms with Crippen molar-refractivity contribution in [2.24, 2.45) is 17.6 Å². The molecule has 0 heterocycles. The molecule has 0 bridgehead atoms. The standard InChI is InChI=1S/C11H23N/c1-9-4-3-5-11(7-6-9)8-10(2)12/h9-11H,3-8,12H2,1-2H3. The summed E-state index contributed by atoms with van der Waals surface area (Å²) in [5.74, 6) is 1.89. The van der Waals surface area contributed by atoms with Gasteiger partial charge in [0, 0.05) is 6.04 Å². The Morgan fingerprint density at radius 3 is 2.67 bits per heavy atom. The van der Waals surface area contributed by atoms with E-state index in [1.165, 1.54) is 38.5 Å². The Kier molecular flexibility index (Phi) is 4.07. The second kappa shape index (κ2) is 4.86. The van der Waals surface area contributed by atoms with Crippen LogP contribution in [-0.2, 0) is 0 Å². The van der Waals surface area contributed by atoms with Crippen LogP contribution in [0.15, 0.2) is 0 Å². The van der Waals surface area contributed by atoms with E-state index in [1.807, 2.05) is 0 Å². The van der Waals surface area contributed by atoms with Crippen LogP contribution in [0.5, 0.6) is 0 Å². The van der Waals surface area contributed by atoms with E-state index in [2.05, 4.69) is 13.8 Å². The highest BCUT2D eigenvalue weighted by Gasteiger charge is 2.16. The van der Waals surface area contributed by atoms with Gasteiger partial charge in [-0.05, 0) is 25.2 Å². The summed E-state index contributed by atoms with van der Waals surface area (Å²) in [6.45, 7) is 4.52. The lowest BCUT2D eigenvalue weighted by molar-refractivity contribution is 0.392. The Bertz CT molecular complexity index is 120. The molecule has 0 radical (unpaired) electrons. The Hall–Kier alpha value is -0.0400. The Labute approximate surface area is 76.7 Å². The van der Waals surface area contributed by atoms with Crippen LogP contribution in [0.25, 0.3) is 0 Å². The summed E-state index contributed by atoms with van der Waals surface area (Å²) < 4.78 is 0. The highest BCUT2D eigenvalue weighted by Crippen LogP contribution is 2.29. The fourth-order valence-electron chi connectivity index (χ4n) is 2.33. The van der Waals surface area contributed by atoms with Gasteiger partial charge in [-0.15, -0.1) is 0 Å². The van der Waals surface area contributed by atoms with Crippen molar-refractivity contribution >= 4 is 0 Å². The van der Waals surface area contributed by atoms with Crippen molar-refractivity contribution in [3.63, 3.8) is 0 Å². The molecule has 0 aliphatic heterocycles. The van der Waals surface area contributed by atoms with E-state index in [0.29, 0.717) is 6.04 Å². The van der Waals surface area contributed by atoms with Crippen molar-refractivity contribution in [2.45, 2.75) is 58.4 Å². The molecule has 0 aromatic rings. The largest absolute Gasteiger partial charge is 0.328 e. The predicted octanol–water partition coefficient (Wildman–Crippen LogP) is 2.94. The maximum absolute atomic E-state index is 5.81. The van der Waals surface area contributed by atoms with Crippen molar-refractivity contribution in [1.82, 2.24) is 0 Å². The third-order valence-corrected chi connectivity index (χ3v) is 3.08. The fraction of sp³-hybridized carbons (Fsp3) is 1.00. The molecule has 1 heteroatoms. The monoisotopic (exact) mass is 169 g/mol. The number of hydrogen-bond acceptors (Lipinski definition) is 1. The van der Waals surface area contributed by atoms with Gasteiger partial charge in [0.2, 0.25) is 0 Å². The zero-order valence-electron chi connectivity index (χ0n) is 8.55. The highest BCUT2D eigenvalue weighted by atomic mass is 14.6. The van der Waals surface area contributed by atoms with Crippen LogP contribution in [0, 0.1) is 11.8 Å². The maximum atomic E-state index is 5.81. The summed E-state index contributed by atoms with van der Waals surface area (Å²) in [7, 11) is 0. The SMILES string of the molecule is CC(N)CC1CCCC(C)CC1. The molecular formula is C11H23N. The normalized spacial score (nSPS) is 34.2. The molecule has 1 aliphatic rings. The molecule has 72 valence electrons. The molecule has 1 fully saturated rings. The van der Waals surface area contributed by atoms with Gasteiger partial charge < -0.3 is 5.73 Å². The van der Waals surface area contributed by atoms with Crippen molar-refractivity contribution in [3.05, 3.63) is 0 Å². The molecule has 1 rings (SSSR count). The molecule has 0 amide bonds. The molecule has 0 aromatic heterocycles. The molecule has 3 atom stereocenters. The molecule has 1 nitrogen and oxygen atoms in total. The van der Waals surface area contributed by atoms with Crippen LogP contribution >= 0.6 is 0 Å². The van der Waals surface area contributed by atoms with Gasteiger partial charge in [-0.25, -0.2) is 0 Å². The zero-order chi connectivity index (χ0) is 8.97. The quantitative estimate of drug-likeness (QED) is 0.632. The molecule has 0 saturated heterocycles. The molecule has 3 unspecified atom stereocenters. The number of rotatable bonds is 2. The van der Waals surface area contributed by atoms with E-state index in [-0.39, 0.29) is 0 Å². The average molecular weight is 169 g/mol. The van der Waals surface area contributed by atoms with Gasteiger partial charge in [0.25, 0.3) is 0 Å². The minimum atomic E-state index is 0.406. The molecule has 0 spiro atoms. The first kappa shape index (κ1) is 10.0. The summed E-state index contributed by atoms with van der Waals surface area (Å²) in [6.07, 6.45) is 8.38. The Balaban J connectivity index is 2.26. The minimum Gasteiger partial charge on any atom is -0.328 e. The summed E-state index contributed by atoms with van der Waals surface area (Å²) in [6, 6.07) is 0.406. The van der Waals surface area contributed by atoms with Gasteiger partial charge in [-0.3, -0.25) is 0 Å². The maximum Gasteiger partial charge on any atom is 0.00131 e. The van der Waals surface area contributed by atoms with E-state index < -0.39 is 0 Å². The third kappa shape index (κ3) is 3.57. The molecule has 12 heavy (non-hydrogen) atoms. The third-order valence-electron chi connectivity index (χ3n) is 3.08. The summed E-state index contributed by atoms with van der Waals surface area (Å²) in [5.41, 5.74) is 5.81. The first-order valence-corrected chi connectivity index (χ1v) is 5.44. The molecular weight excluding hydrogens is 146 g/mol. The molecule has 1 aliphatic carbocycles. The topological polar surface area (TPSA) is 26.0 Å². The fourth-order valence-corrected chi connectivity index (χ4v) is 2.33. The summed E-state index contributed by atoms with van der Waals surface area (Å²) in [4.78, 5) is 0. The molecule has 2 N–H and O–H groups in total. The van der Waals surface area contributed by atoms with Gasteiger partial charge in [-0.1, -0.05) is 39.0 Å². The van der Waals surface area contributed by atoms with Gasteiger partial charge in [0.1, 0.15) is 0 Å². The second-order valence-corrected chi connectivity index (χ2v) is 4.69. The van der Waals surface area contributed by atoms with Crippen molar-refractivity contribution < 1.29 is 0 Å². The van der Waals surface area contributed by atoms with Gasteiger partial charge >= 0.3 is 0 Å². The number of hydrogen-bond donors (Lipinski definition) is 1. The van der Waals surface area contributed by atoms with Crippen molar-refractivity contribution in [3.8, 4) is 0 Å². The Morgan fingerprint density at radius 2 is 2.00 bits per heavy atom. The second-order valence-electron chi connectivity index (χ2n) is 4.69. The van der Waals surface area contributed by atoms with E-state index >= 15 is 0 Å². The van der Waals surface area contributed by atoms with Crippen LogP contribution < -0.4 is 5.73 Å².